The molecule has 0 heterocycles. The van der Waals surface area contributed by atoms with Crippen molar-refractivity contribution in [3.8, 4) is 0 Å². The van der Waals surface area contributed by atoms with Gasteiger partial charge in [-0.3, -0.25) is 0 Å². The van der Waals surface area contributed by atoms with Crippen LogP contribution in [0.1, 0.15) is 25.0 Å². The van der Waals surface area contributed by atoms with Gasteiger partial charge in [-0.1, -0.05) is 12.1 Å². The van der Waals surface area contributed by atoms with Crippen LogP contribution in [0.25, 0.3) is 0 Å². The summed E-state index contributed by atoms with van der Waals surface area (Å²) < 4.78 is 13.3. The van der Waals surface area contributed by atoms with Crippen molar-refractivity contribution in [2.45, 2.75) is 32.4 Å². The summed E-state index contributed by atoms with van der Waals surface area (Å²) in [7, 11) is 0. The highest BCUT2D eigenvalue weighted by Gasteiger charge is 2.14. The summed E-state index contributed by atoms with van der Waals surface area (Å²) in [6, 6.07) is 4.89. The van der Waals surface area contributed by atoms with Crippen LogP contribution in [0.5, 0.6) is 0 Å². The standard InChI is InChI=1S/C11H16FNO/c1-11(2,14)6-8-3-4-9(7-13)10(12)5-8/h3-5,14H,6-7,13H2,1-2H3. The maximum atomic E-state index is 13.3. The summed E-state index contributed by atoms with van der Waals surface area (Å²) in [4.78, 5) is 0. The van der Waals surface area contributed by atoms with Crippen LogP contribution in [0.3, 0.4) is 0 Å². The van der Waals surface area contributed by atoms with E-state index in [9.17, 15) is 9.50 Å². The van der Waals surface area contributed by atoms with E-state index in [1.54, 1.807) is 26.0 Å². The molecule has 0 spiro atoms. The van der Waals surface area contributed by atoms with Crippen LogP contribution in [-0.2, 0) is 13.0 Å². The molecule has 0 aliphatic carbocycles. The topological polar surface area (TPSA) is 46.2 Å². The van der Waals surface area contributed by atoms with E-state index in [0.29, 0.717) is 12.0 Å². The van der Waals surface area contributed by atoms with Gasteiger partial charge in [-0.05, 0) is 25.5 Å². The molecule has 14 heavy (non-hydrogen) atoms. The first-order chi connectivity index (χ1) is 6.42. The Bertz CT molecular complexity index is 318. The third kappa shape index (κ3) is 3.09. The van der Waals surface area contributed by atoms with Crippen LogP contribution < -0.4 is 5.73 Å². The van der Waals surface area contributed by atoms with Gasteiger partial charge < -0.3 is 10.8 Å². The lowest BCUT2D eigenvalue weighted by Gasteiger charge is -2.17. The van der Waals surface area contributed by atoms with Crippen molar-refractivity contribution in [2.24, 2.45) is 5.73 Å². The molecule has 0 aliphatic heterocycles. The minimum absolute atomic E-state index is 0.203. The smallest absolute Gasteiger partial charge is 0.127 e. The van der Waals surface area contributed by atoms with Gasteiger partial charge in [0.25, 0.3) is 0 Å². The van der Waals surface area contributed by atoms with E-state index in [1.807, 2.05) is 0 Å². The second kappa shape index (κ2) is 4.07. The van der Waals surface area contributed by atoms with E-state index in [0.717, 1.165) is 5.56 Å². The fraction of sp³-hybridized carbons (Fsp3) is 0.455. The highest BCUT2D eigenvalue weighted by atomic mass is 19.1. The summed E-state index contributed by atoms with van der Waals surface area (Å²) in [5.41, 5.74) is 5.82. The lowest BCUT2D eigenvalue weighted by atomic mass is 9.98. The van der Waals surface area contributed by atoms with Crippen molar-refractivity contribution in [1.29, 1.82) is 0 Å². The van der Waals surface area contributed by atoms with Crippen LogP contribution in [0.2, 0.25) is 0 Å². The number of nitrogens with two attached hydrogens (primary N) is 1. The molecule has 78 valence electrons. The highest BCUT2D eigenvalue weighted by Crippen LogP contribution is 2.15. The summed E-state index contributed by atoms with van der Waals surface area (Å²) >= 11 is 0. The quantitative estimate of drug-likeness (QED) is 0.773. The molecule has 0 radical (unpaired) electrons. The van der Waals surface area contributed by atoms with Gasteiger partial charge in [0.2, 0.25) is 0 Å². The van der Waals surface area contributed by atoms with Crippen molar-refractivity contribution in [2.75, 3.05) is 0 Å². The van der Waals surface area contributed by atoms with Gasteiger partial charge in [0.1, 0.15) is 5.82 Å². The molecule has 0 saturated carbocycles. The van der Waals surface area contributed by atoms with Gasteiger partial charge in [0.15, 0.2) is 0 Å². The Hall–Kier alpha value is -0.930. The molecule has 3 N–H and O–H groups in total. The fourth-order valence-electron chi connectivity index (χ4n) is 1.37. The molecule has 0 unspecified atom stereocenters. The van der Waals surface area contributed by atoms with E-state index in [2.05, 4.69) is 0 Å². The van der Waals surface area contributed by atoms with Crippen LogP contribution in [-0.4, -0.2) is 10.7 Å². The van der Waals surface area contributed by atoms with Crippen molar-refractivity contribution >= 4 is 0 Å². The van der Waals surface area contributed by atoms with Crippen molar-refractivity contribution < 1.29 is 9.50 Å². The lowest BCUT2D eigenvalue weighted by molar-refractivity contribution is 0.0809. The Labute approximate surface area is 83.6 Å². The third-order valence-electron chi connectivity index (χ3n) is 1.97. The van der Waals surface area contributed by atoms with E-state index < -0.39 is 5.60 Å². The SMILES string of the molecule is CC(C)(O)Cc1ccc(CN)c(F)c1. The predicted octanol–water partition coefficient (Wildman–Crippen LogP) is 1.60. The van der Waals surface area contributed by atoms with E-state index in [-0.39, 0.29) is 12.4 Å². The molecule has 0 saturated heterocycles. The third-order valence-corrected chi connectivity index (χ3v) is 1.97. The van der Waals surface area contributed by atoms with Crippen LogP contribution in [0, 0.1) is 5.82 Å². The molecule has 0 bridgehead atoms. The first-order valence-electron chi connectivity index (χ1n) is 4.62. The van der Waals surface area contributed by atoms with Gasteiger partial charge in [-0.25, -0.2) is 4.39 Å². The zero-order valence-electron chi connectivity index (χ0n) is 8.55. The number of hydrogen-bond donors (Lipinski definition) is 2. The molecule has 0 aromatic heterocycles. The van der Waals surface area contributed by atoms with Crippen molar-refractivity contribution in [1.82, 2.24) is 0 Å². The molecule has 0 aliphatic rings. The Morgan fingerprint density at radius 2 is 2.07 bits per heavy atom. The highest BCUT2D eigenvalue weighted by molar-refractivity contribution is 5.25. The van der Waals surface area contributed by atoms with E-state index in [4.69, 9.17) is 5.73 Å². The molecule has 3 heteroatoms. The summed E-state index contributed by atoms with van der Waals surface area (Å²) in [5, 5.41) is 9.54. The Balaban J connectivity index is 2.87. The summed E-state index contributed by atoms with van der Waals surface area (Å²) in [6.45, 7) is 3.60. The lowest BCUT2D eigenvalue weighted by Crippen LogP contribution is -2.22. The van der Waals surface area contributed by atoms with E-state index in [1.165, 1.54) is 6.07 Å². The van der Waals surface area contributed by atoms with Gasteiger partial charge in [0, 0.05) is 18.5 Å². The summed E-state index contributed by atoms with van der Waals surface area (Å²) in [6.07, 6.45) is 0.439. The maximum Gasteiger partial charge on any atom is 0.127 e. The van der Waals surface area contributed by atoms with Crippen LogP contribution in [0.15, 0.2) is 18.2 Å². The number of benzene rings is 1. The van der Waals surface area contributed by atoms with Crippen molar-refractivity contribution in [3.05, 3.63) is 35.1 Å². The molecule has 0 atom stereocenters. The minimum atomic E-state index is -0.809. The molecular formula is C11H16FNO. The van der Waals surface area contributed by atoms with Gasteiger partial charge in [-0.2, -0.15) is 0 Å². The average Bonchev–Trinajstić information content (AvgIpc) is 2.01. The maximum absolute atomic E-state index is 13.3. The number of rotatable bonds is 3. The van der Waals surface area contributed by atoms with Crippen LogP contribution in [0.4, 0.5) is 4.39 Å². The minimum Gasteiger partial charge on any atom is -0.390 e. The Morgan fingerprint density at radius 3 is 2.50 bits per heavy atom. The first-order valence-corrected chi connectivity index (χ1v) is 4.62. The van der Waals surface area contributed by atoms with Crippen molar-refractivity contribution in [3.63, 3.8) is 0 Å². The number of aliphatic hydroxyl groups is 1. The number of hydrogen-bond acceptors (Lipinski definition) is 2. The molecule has 1 aromatic rings. The largest absolute Gasteiger partial charge is 0.390 e. The second-order valence-electron chi connectivity index (χ2n) is 4.12. The van der Waals surface area contributed by atoms with Gasteiger partial charge in [0.05, 0.1) is 5.60 Å². The Kier molecular flexibility index (Phi) is 3.24. The fourth-order valence-corrected chi connectivity index (χ4v) is 1.37. The number of halogens is 1. The Morgan fingerprint density at radius 1 is 1.43 bits per heavy atom. The predicted molar refractivity (Wildman–Crippen MR) is 54.3 cm³/mol. The summed E-state index contributed by atoms with van der Waals surface area (Å²) in [5.74, 6) is -0.297. The van der Waals surface area contributed by atoms with E-state index >= 15 is 0 Å². The van der Waals surface area contributed by atoms with Gasteiger partial charge in [-0.15, -0.1) is 0 Å². The zero-order chi connectivity index (χ0) is 10.8. The monoisotopic (exact) mass is 197 g/mol. The molecule has 2 nitrogen and oxygen atoms in total. The second-order valence-corrected chi connectivity index (χ2v) is 4.12. The molecule has 0 amide bonds. The first kappa shape index (κ1) is 11.1. The molecular weight excluding hydrogens is 181 g/mol. The average molecular weight is 197 g/mol. The molecule has 1 aromatic carbocycles. The van der Waals surface area contributed by atoms with Gasteiger partial charge >= 0.3 is 0 Å². The molecule has 1 rings (SSSR count). The zero-order valence-corrected chi connectivity index (χ0v) is 8.55. The molecule has 0 fully saturated rings. The van der Waals surface area contributed by atoms with Crippen LogP contribution >= 0.6 is 0 Å². The normalized spacial score (nSPS) is 11.8.